The smallest absolute Gasteiger partial charge is 0.129 e. The Labute approximate surface area is 111 Å². The zero-order chi connectivity index (χ0) is 13.4. The van der Waals surface area contributed by atoms with Gasteiger partial charge in [-0.15, -0.1) is 0 Å². The molecule has 0 spiro atoms. The van der Waals surface area contributed by atoms with Crippen LogP contribution in [0, 0.1) is 0 Å². The van der Waals surface area contributed by atoms with E-state index in [2.05, 4.69) is 53.9 Å². The van der Waals surface area contributed by atoms with E-state index in [0.717, 1.165) is 44.0 Å². The molecular weight excluding hydrogens is 224 g/mol. The van der Waals surface area contributed by atoms with Gasteiger partial charge in [0.05, 0.1) is 0 Å². The second-order valence-electron chi connectivity index (χ2n) is 4.68. The minimum atomic E-state index is 0.397. The Morgan fingerprint density at radius 2 is 1.94 bits per heavy atom. The zero-order valence-electron chi connectivity index (χ0n) is 12.1. The van der Waals surface area contributed by atoms with Gasteiger partial charge in [0.1, 0.15) is 12.1 Å². The average Bonchev–Trinajstić information content (AvgIpc) is 2.36. The highest BCUT2D eigenvalue weighted by atomic mass is 15.1. The monoisotopic (exact) mass is 250 g/mol. The van der Waals surface area contributed by atoms with Crippen molar-refractivity contribution in [2.75, 3.05) is 25.0 Å². The lowest BCUT2D eigenvalue weighted by atomic mass is 10.2. The quantitative estimate of drug-likeness (QED) is 0.770. The number of hydrogen-bond acceptors (Lipinski definition) is 4. The standard InChI is InChI=1S/C14H26N4/c1-5-8-13-9-14(16-11-15-13)17-12(4)10-18(6-2)7-3/h9,11-12H,5-8,10H2,1-4H3,(H,15,16,17). The molecule has 18 heavy (non-hydrogen) atoms. The number of rotatable bonds is 8. The van der Waals surface area contributed by atoms with E-state index in [1.54, 1.807) is 6.33 Å². The van der Waals surface area contributed by atoms with E-state index < -0.39 is 0 Å². The first-order valence-corrected chi connectivity index (χ1v) is 6.99. The van der Waals surface area contributed by atoms with Crippen LogP contribution in [-0.4, -0.2) is 40.5 Å². The Bertz CT molecular complexity index is 336. The summed E-state index contributed by atoms with van der Waals surface area (Å²) in [6, 6.07) is 2.46. The second-order valence-corrected chi connectivity index (χ2v) is 4.68. The summed E-state index contributed by atoms with van der Waals surface area (Å²) < 4.78 is 0. The summed E-state index contributed by atoms with van der Waals surface area (Å²) in [4.78, 5) is 11.0. The summed E-state index contributed by atoms with van der Waals surface area (Å²) >= 11 is 0. The Kier molecular flexibility index (Phi) is 6.65. The molecule has 1 aromatic heterocycles. The molecule has 1 N–H and O–H groups in total. The highest BCUT2D eigenvalue weighted by molar-refractivity contribution is 5.35. The third kappa shape index (κ3) is 5.00. The van der Waals surface area contributed by atoms with Crippen LogP contribution in [0.1, 0.15) is 39.8 Å². The van der Waals surface area contributed by atoms with Crippen LogP contribution in [0.3, 0.4) is 0 Å². The molecule has 4 heteroatoms. The molecule has 0 aliphatic carbocycles. The third-order valence-electron chi connectivity index (χ3n) is 3.05. The van der Waals surface area contributed by atoms with Crippen molar-refractivity contribution in [3.8, 4) is 0 Å². The van der Waals surface area contributed by atoms with Crippen LogP contribution in [0.4, 0.5) is 5.82 Å². The van der Waals surface area contributed by atoms with Crippen LogP contribution in [0.2, 0.25) is 0 Å². The van der Waals surface area contributed by atoms with E-state index in [1.165, 1.54) is 0 Å². The first-order chi connectivity index (χ1) is 8.69. The molecule has 1 unspecified atom stereocenters. The van der Waals surface area contributed by atoms with Gasteiger partial charge in [-0.3, -0.25) is 0 Å². The zero-order valence-corrected chi connectivity index (χ0v) is 12.1. The van der Waals surface area contributed by atoms with E-state index in [9.17, 15) is 0 Å². The summed E-state index contributed by atoms with van der Waals surface area (Å²) in [5.41, 5.74) is 1.12. The van der Waals surface area contributed by atoms with Crippen LogP contribution in [0.25, 0.3) is 0 Å². The Morgan fingerprint density at radius 1 is 1.22 bits per heavy atom. The van der Waals surface area contributed by atoms with E-state index in [4.69, 9.17) is 0 Å². The van der Waals surface area contributed by atoms with E-state index in [1.807, 2.05) is 0 Å². The van der Waals surface area contributed by atoms with Gasteiger partial charge in [-0.05, 0) is 26.4 Å². The summed E-state index contributed by atoms with van der Waals surface area (Å²) in [6.07, 6.45) is 3.78. The topological polar surface area (TPSA) is 41.0 Å². The predicted octanol–water partition coefficient (Wildman–Crippen LogP) is 2.57. The van der Waals surface area contributed by atoms with Crippen LogP contribution < -0.4 is 5.32 Å². The summed E-state index contributed by atoms with van der Waals surface area (Å²) in [5.74, 6) is 0.938. The first kappa shape index (κ1) is 14.9. The fraction of sp³-hybridized carbons (Fsp3) is 0.714. The molecule has 1 rings (SSSR count). The lowest BCUT2D eigenvalue weighted by molar-refractivity contribution is 0.294. The number of nitrogens with zero attached hydrogens (tertiary/aromatic N) is 3. The molecule has 0 aliphatic heterocycles. The maximum atomic E-state index is 4.28. The normalized spacial score (nSPS) is 12.7. The second kappa shape index (κ2) is 8.03. The van der Waals surface area contributed by atoms with Crippen LogP contribution in [0.5, 0.6) is 0 Å². The van der Waals surface area contributed by atoms with Gasteiger partial charge in [0.25, 0.3) is 0 Å². The minimum Gasteiger partial charge on any atom is -0.366 e. The molecule has 0 aromatic carbocycles. The fourth-order valence-corrected chi connectivity index (χ4v) is 2.04. The SMILES string of the molecule is CCCc1cc(NC(C)CN(CC)CC)ncn1. The van der Waals surface area contributed by atoms with Gasteiger partial charge in [-0.2, -0.15) is 0 Å². The molecule has 0 fully saturated rings. The number of likely N-dealkylation sites (N-methyl/N-ethyl adjacent to an activating group) is 1. The van der Waals surface area contributed by atoms with Crippen molar-refractivity contribution in [1.82, 2.24) is 14.9 Å². The van der Waals surface area contributed by atoms with E-state index in [0.29, 0.717) is 6.04 Å². The number of hydrogen-bond donors (Lipinski definition) is 1. The molecule has 0 saturated heterocycles. The molecule has 0 bridgehead atoms. The maximum Gasteiger partial charge on any atom is 0.129 e. The number of aryl methyl sites for hydroxylation is 1. The Balaban J connectivity index is 2.52. The number of nitrogens with one attached hydrogen (secondary N) is 1. The van der Waals surface area contributed by atoms with Gasteiger partial charge in [-0.1, -0.05) is 27.2 Å². The molecule has 1 atom stereocenters. The minimum absolute atomic E-state index is 0.397. The predicted molar refractivity (Wildman–Crippen MR) is 76.9 cm³/mol. The fourth-order valence-electron chi connectivity index (χ4n) is 2.04. The van der Waals surface area contributed by atoms with Gasteiger partial charge >= 0.3 is 0 Å². The largest absolute Gasteiger partial charge is 0.366 e. The van der Waals surface area contributed by atoms with Crippen molar-refractivity contribution in [3.05, 3.63) is 18.1 Å². The highest BCUT2D eigenvalue weighted by Crippen LogP contribution is 2.08. The first-order valence-electron chi connectivity index (χ1n) is 6.99. The summed E-state index contributed by atoms with van der Waals surface area (Å²) in [7, 11) is 0. The molecule has 102 valence electrons. The molecule has 0 radical (unpaired) electrons. The van der Waals surface area contributed by atoms with Gasteiger partial charge in [0.15, 0.2) is 0 Å². The molecule has 0 saturated carbocycles. The molecule has 1 heterocycles. The van der Waals surface area contributed by atoms with Crippen molar-refractivity contribution in [2.24, 2.45) is 0 Å². The van der Waals surface area contributed by atoms with E-state index in [-0.39, 0.29) is 0 Å². The molecule has 0 amide bonds. The molecule has 0 aliphatic rings. The molecular formula is C14H26N4. The van der Waals surface area contributed by atoms with Crippen LogP contribution >= 0.6 is 0 Å². The van der Waals surface area contributed by atoms with Crippen molar-refractivity contribution in [1.29, 1.82) is 0 Å². The lowest BCUT2D eigenvalue weighted by Gasteiger charge is -2.23. The summed E-state index contributed by atoms with van der Waals surface area (Å²) in [6.45, 7) is 12.0. The van der Waals surface area contributed by atoms with Crippen LogP contribution in [0.15, 0.2) is 12.4 Å². The van der Waals surface area contributed by atoms with E-state index >= 15 is 0 Å². The summed E-state index contributed by atoms with van der Waals surface area (Å²) in [5, 5.41) is 3.45. The molecule has 1 aromatic rings. The van der Waals surface area contributed by atoms with Gasteiger partial charge in [0.2, 0.25) is 0 Å². The number of anilines is 1. The van der Waals surface area contributed by atoms with Crippen molar-refractivity contribution >= 4 is 5.82 Å². The molecule has 4 nitrogen and oxygen atoms in total. The maximum absolute atomic E-state index is 4.28. The van der Waals surface area contributed by atoms with Gasteiger partial charge in [-0.25, -0.2) is 9.97 Å². The Hall–Kier alpha value is -1.16. The highest BCUT2D eigenvalue weighted by Gasteiger charge is 2.08. The van der Waals surface area contributed by atoms with Gasteiger partial charge < -0.3 is 10.2 Å². The number of aromatic nitrogens is 2. The third-order valence-corrected chi connectivity index (χ3v) is 3.05. The van der Waals surface area contributed by atoms with Crippen molar-refractivity contribution in [3.63, 3.8) is 0 Å². The Morgan fingerprint density at radius 3 is 2.56 bits per heavy atom. The van der Waals surface area contributed by atoms with Gasteiger partial charge in [0, 0.05) is 24.3 Å². The van der Waals surface area contributed by atoms with Crippen molar-refractivity contribution < 1.29 is 0 Å². The van der Waals surface area contributed by atoms with Crippen molar-refractivity contribution in [2.45, 2.75) is 46.6 Å². The van der Waals surface area contributed by atoms with Crippen LogP contribution in [-0.2, 0) is 6.42 Å². The average molecular weight is 250 g/mol. The lowest BCUT2D eigenvalue weighted by Crippen LogP contribution is -2.34.